The van der Waals surface area contributed by atoms with Crippen LogP contribution in [0.4, 0.5) is 4.39 Å². The number of ether oxygens (including phenoxy) is 1. The number of methoxy groups -OCH3 is 1. The van der Waals surface area contributed by atoms with Gasteiger partial charge in [-0.2, -0.15) is 0 Å². The Morgan fingerprint density at radius 2 is 1.55 bits per heavy atom. The molecule has 0 radical (unpaired) electrons. The van der Waals surface area contributed by atoms with Gasteiger partial charge < -0.3 is 4.74 Å². The molecule has 10 nitrogen and oxygen atoms in total. The highest BCUT2D eigenvalue weighted by atomic mass is 19.1. The quantitative estimate of drug-likeness (QED) is 0.449. The molecule has 1 aromatic carbocycles. The van der Waals surface area contributed by atoms with Crippen molar-refractivity contribution in [2.45, 2.75) is 12.7 Å². The average molecular weight is 289 g/mol. The molecule has 0 heterocycles. The summed E-state index contributed by atoms with van der Waals surface area (Å²) in [6, 6.07) is 1.28. The molecule has 0 aliphatic carbocycles. The van der Waals surface area contributed by atoms with Crippen molar-refractivity contribution in [2.24, 2.45) is 0 Å². The van der Waals surface area contributed by atoms with E-state index in [-0.39, 0.29) is 5.56 Å². The van der Waals surface area contributed by atoms with Crippen LogP contribution in [0.25, 0.3) is 0 Å². The minimum atomic E-state index is -3.93. The maximum Gasteiger partial charge on any atom is 0.732 e. The van der Waals surface area contributed by atoms with Gasteiger partial charge in [0, 0.05) is 6.07 Å². The van der Waals surface area contributed by atoms with Gasteiger partial charge in [0.25, 0.3) is 0 Å². The van der Waals surface area contributed by atoms with Crippen molar-refractivity contribution in [1.82, 2.24) is 0 Å². The molecule has 0 N–H and O–H groups in total. The summed E-state index contributed by atoms with van der Waals surface area (Å²) in [5, 5.41) is 32.7. The normalized spacial score (nSPS) is 10.9. The van der Waals surface area contributed by atoms with Gasteiger partial charge in [-0.25, -0.2) is 4.39 Å². The summed E-state index contributed by atoms with van der Waals surface area (Å²) in [7, 11) is 1.00. The molecule has 0 bridgehead atoms. The van der Waals surface area contributed by atoms with Crippen molar-refractivity contribution in [2.75, 3.05) is 7.11 Å². The molecule has 0 fully saturated rings. The van der Waals surface area contributed by atoms with Gasteiger partial charge in [0.05, 0.1) is 7.11 Å². The smallest absolute Gasteiger partial charge is 0.496 e. The van der Waals surface area contributed by atoms with Crippen LogP contribution in [0.15, 0.2) is 12.1 Å². The van der Waals surface area contributed by atoms with Crippen LogP contribution in [-0.2, 0) is 5.79 Å². The Morgan fingerprint density at radius 1 is 1.10 bits per heavy atom. The second-order valence-corrected chi connectivity index (χ2v) is 3.71. The number of aryl methyl sites for hydroxylation is 1. The van der Waals surface area contributed by atoms with Gasteiger partial charge >= 0.3 is 5.79 Å². The highest BCUT2D eigenvalue weighted by Crippen LogP contribution is 2.35. The average Bonchev–Trinajstić information content (AvgIpc) is 2.32. The molecule has 20 heavy (non-hydrogen) atoms. The maximum atomic E-state index is 13.5. The summed E-state index contributed by atoms with van der Waals surface area (Å²) < 4.78 is 18.2. The zero-order valence-electron chi connectivity index (χ0n) is 10.2. The van der Waals surface area contributed by atoms with E-state index in [1.54, 1.807) is 0 Å². The van der Waals surface area contributed by atoms with Crippen LogP contribution in [0, 0.1) is 43.1 Å². The lowest BCUT2D eigenvalue weighted by molar-refractivity contribution is -0.986. The summed E-state index contributed by atoms with van der Waals surface area (Å²) in [5.41, 5.74) is -1.13. The second-order valence-electron chi connectivity index (χ2n) is 3.71. The molecule has 1 aromatic rings. The summed E-state index contributed by atoms with van der Waals surface area (Å²) in [6.07, 6.45) is 0. The third-order valence-corrected chi connectivity index (χ3v) is 2.61. The largest absolute Gasteiger partial charge is 0.732 e. The molecule has 0 aliphatic heterocycles. The van der Waals surface area contributed by atoms with Crippen LogP contribution >= 0.6 is 0 Å². The van der Waals surface area contributed by atoms with Gasteiger partial charge in [-0.15, -0.1) is 0 Å². The van der Waals surface area contributed by atoms with Crippen LogP contribution in [0.2, 0.25) is 0 Å². The van der Waals surface area contributed by atoms with Crippen molar-refractivity contribution < 1.29 is 23.9 Å². The first kappa shape index (κ1) is 15.2. The summed E-state index contributed by atoms with van der Waals surface area (Å²) in [4.78, 5) is 27.6. The van der Waals surface area contributed by atoms with Crippen molar-refractivity contribution in [3.8, 4) is 5.75 Å². The van der Waals surface area contributed by atoms with Gasteiger partial charge in [0.15, 0.2) is 14.8 Å². The molecule has 0 saturated carbocycles. The molecule has 0 aromatic heterocycles. The van der Waals surface area contributed by atoms with Crippen LogP contribution in [0.5, 0.6) is 5.75 Å². The van der Waals surface area contributed by atoms with Gasteiger partial charge in [0.2, 0.25) is 5.56 Å². The minimum absolute atomic E-state index is 0.0328. The fraction of sp³-hybridized carbons (Fsp3) is 0.333. The van der Waals surface area contributed by atoms with Gasteiger partial charge in [-0.1, -0.05) is 0 Å². The van der Waals surface area contributed by atoms with Crippen molar-refractivity contribution in [3.63, 3.8) is 0 Å². The number of hydrogen-bond acceptors (Lipinski definition) is 7. The van der Waals surface area contributed by atoms with E-state index in [0.29, 0.717) is 6.07 Å². The minimum Gasteiger partial charge on any atom is -0.496 e. The zero-order chi connectivity index (χ0) is 15.7. The summed E-state index contributed by atoms with van der Waals surface area (Å²) in [5.74, 6) is -5.51. The lowest BCUT2D eigenvalue weighted by Crippen LogP contribution is -2.50. The van der Waals surface area contributed by atoms with E-state index in [9.17, 15) is 34.7 Å². The number of rotatable bonds is 5. The third-order valence-electron chi connectivity index (χ3n) is 2.61. The summed E-state index contributed by atoms with van der Waals surface area (Å²) in [6.45, 7) is 1.27. The molecule has 0 aliphatic rings. The maximum absolute atomic E-state index is 13.5. The Kier molecular flexibility index (Phi) is 3.82. The van der Waals surface area contributed by atoms with E-state index >= 15 is 0 Å². The molecular weight excluding hydrogens is 281 g/mol. The first-order chi connectivity index (χ1) is 9.19. The van der Waals surface area contributed by atoms with Gasteiger partial charge in [-0.3, -0.25) is 30.3 Å². The molecule has 108 valence electrons. The van der Waals surface area contributed by atoms with E-state index in [4.69, 9.17) is 0 Å². The van der Waals surface area contributed by atoms with E-state index in [1.807, 2.05) is 0 Å². The number of hydrogen-bond donors (Lipinski definition) is 0. The Bertz CT molecular complexity index is 567. The molecule has 0 amide bonds. The first-order valence-electron chi connectivity index (χ1n) is 4.97. The van der Waals surface area contributed by atoms with Crippen molar-refractivity contribution >= 4 is 0 Å². The Morgan fingerprint density at radius 3 is 1.90 bits per heavy atom. The second kappa shape index (κ2) is 5.03. The van der Waals surface area contributed by atoms with Gasteiger partial charge in [0.1, 0.15) is 11.6 Å². The number of nitrogens with zero attached hydrogens (tertiary/aromatic N) is 3. The topological polar surface area (TPSA) is 139 Å². The van der Waals surface area contributed by atoms with Crippen LogP contribution in [-0.4, -0.2) is 21.9 Å². The molecule has 0 spiro atoms. The van der Waals surface area contributed by atoms with E-state index in [2.05, 4.69) is 4.74 Å². The predicted molar refractivity (Wildman–Crippen MR) is 60.4 cm³/mol. The Balaban J connectivity index is 3.83. The SMILES string of the molecule is COc1cc(C)c(F)cc1C([N+](=O)[O-])([N+](=O)[O-])[N+](=O)[O-]. The molecule has 0 atom stereocenters. The lowest BCUT2D eigenvalue weighted by Gasteiger charge is -2.13. The number of halogens is 1. The Hall–Kier alpha value is -2.85. The fourth-order valence-electron chi connectivity index (χ4n) is 1.58. The highest BCUT2D eigenvalue weighted by molar-refractivity contribution is 5.39. The first-order valence-corrected chi connectivity index (χ1v) is 4.97. The Labute approximate surface area is 110 Å². The lowest BCUT2D eigenvalue weighted by atomic mass is 10.0. The molecule has 0 unspecified atom stereocenters. The summed E-state index contributed by atoms with van der Waals surface area (Å²) >= 11 is 0. The molecule has 11 heteroatoms. The van der Waals surface area contributed by atoms with Crippen molar-refractivity contribution in [3.05, 3.63) is 59.4 Å². The standard InChI is InChI=1S/C9H8FN3O7/c1-5-3-8(20-2)6(4-7(5)10)9(11(14)15,12(16)17)13(18)19/h3-4H,1-2H3. The monoisotopic (exact) mass is 289 g/mol. The predicted octanol–water partition coefficient (Wildman–Crippen LogP) is 1.08. The molecule has 0 saturated heterocycles. The highest BCUT2D eigenvalue weighted by Gasteiger charge is 2.74. The van der Waals surface area contributed by atoms with E-state index in [0.717, 1.165) is 13.2 Å². The molecule has 1 rings (SSSR count). The van der Waals surface area contributed by atoms with E-state index < -0.39 is 37.7 Å². The molecular formula is C9H8FN3O7. The van der Waals surface area contributed by atoms with E-state index in [1.165, 1.54) is 6.92 Å². The number of benzene rings is 1. The zero-order valence-corrected chi connectivity index (χ0v) is 10.2. The van der Waals surface area contributed by atoms with Crippen LogP contribution in [0.1, 0.15) is 11.1 Å². The van der Waals surface area contributed by atoms with Crippen molar-refractivity contribution in [1.29, 1.82) is 0 Å². The third kappa shape index (κ3) is 1.98. The van der Waals surface area contributed by atoms with Crippen LogP contribution < -0.4 is 4.74 Å². The van der Waals surface area contributed by atoms with Gasteiger partial charge in [-0.05, 0) is 18.6 Å². The van der Waals surface area contributed by atoms with Crippen LogP contribution in [0.3, 0.4) is 0 Å². The number of nitro groups is 3. The fourth-order valence-corrected chi connectivity index (χ4v) is 1.58.